The summed E-state index contributed by atoms with van der Waals surface area (Å²) in [5.74, 6) is 0.477. The number of hydrogen-bond donors (Lipinski definition) is 2. The van der Waals surface area contributed by atoms with Gasteiger partial charge >= 0.3 is 0 Å². The molecule has 2 N–H and O–H groups in total. The number of halogens is 1. The Morgan fingerprint density at radius 1 is 1.20 bits per heavy atom. The van der Waals surface area contributed by atoms with Crippen molar-refractivity contribution < 1.29 is 9.90 Å². The fraction of sp³-hybridized carbons (Fsp3) is 0.318. The summed E-state index contributed by atoms with van der Waals surface area (Å²) in [5.41, 5.74) is 2.32. The Balaban J connectivity index is 1.50. The molecule has 0 aliphatic carbocycles. The first kappa shape index (κ1) is 20.4. The van der Waals surface area contributed by atoms with E-state index in [9.17, 15) is 9.90 Å². The summed E-state index contributed by atoms with van der Waals surface area (Å²) in [6.45, 7) is 1.32. The van der Waals surface area contributed by atoms with Crippen LogP contribution < -0.4 is 5.32 Å². The number of aliphatic hydroxyl groups excluding tert-OH is 1. The topological polar surface area (TPSA) is 81.1 Å². The minimum absolute atomic E-state index is 0.0217. The summed E-state index contributed by atoms with van der Waals surface area (Å²) in [6.07, 6.45) is 6.01. The van der Waals surface area contributed by atoms with Crippen molar-refractivity contribution in [2.24, 2.45) is 10.9 Å². The van der Waals surface area contributed by atoms with Crippen molar-refractivity contribution >= 4 is 34.9 Å². The zero-order chi connectivity index (χ0) is 21.1. The number of pyridine rings is 1. The molecule has 7 nitrogen and oxygen atoms in total. The highest BCUT2D eigenvalue weighted by molar-refractivity contribution is 6.30. The van der Waals surface area contributed by atoms with Crippen molar-refractivity contribution in [1.82, 2.24) is 14.8 Å². The van der Waals surface area contributed by atoms with E-state index in [1.54, 1.807) is 54.7 Å². The maximum atomic E-state index is 12.8. The highest BCUT2D eigenvalue weighted by Gasteiger charge is 2.32. The van der Waals surface area contributed by atoms with Crippen LogP contribution in [0.4, 0.5) is 5.69 Å². The minimum Gasteiger partial charge on any atom is -0.370 e. The molecular weight excluding hydrogens is 402 g/mol. The lowest BCUT2D eigenvalue weighted by Gasteiger charge is -2.40. The van der Waals surface area contributed by atoms with Crippen LogP contribution in [0.3, 0.4) is 0 Å². The summed E-state index contributed by atoms with van der Waals surface area (Å²) in [4.78, 5) is 25.5. The predicted molar refractivity (Wildman–Crippen MR) is 118 cm³/mol. The molecule has 8 heteroatoms. The minimum atomic E-state index is -0.788. The van der Waals surface area contributed by atoms with E-state index >= 15 is 0 Å². The van der Waals surface area contributed by atoms with Crippen LogP contribution in [0.25, 0.3) is 5.70 Å². The fourth-order valence-electron chi connectivity index (χ4n) is 3.72. The standard InChI is InChI=1S/C22H24ClN5O2/c1-27-20(29)13-19(15-8-10-24-11-9-15)26-22(27)28-12-2-3-16(14-28)21(30)25-18-6-4-17(23)5-7-18/h4-11,13,16,20,29H,2-3,12,14H2,1H3,(H,25,30). The highest BCUT2D eigenvalue weighted by atomic mass is 35.5. The van der Waals surface area contributed by atoms with Gasteiger partial charge in [0.15, 0.2) is 6.23 Å². The zero-order valence-electron chi connectivity index (χ0n) is 16.7. The second-order valence-electron chi connectivity index (χ2n) is 7.51. The lowest BCUT2D eigenvalue weighted by molar-refractivity contribution is -0.121. The first-order chi connectivity index (χ1) is 14.5. The van der Waals surface area contributed by atoms with Crippen molar-refractivity contribution in [3.63, 3.8) is 0 Å². The van der Waals surface area contributed by atoms with Crippen molar-refractivity contribution in [2.75, 3.05) is 25.5 Å². The lowest BCUT2D eigenvalue weighted by atomic mass is 9.97. The molecule has 4 rings (SSSR count). The molecular formula is C22H24ClN5O2. The van der Waals surface area contributed by atoms with Crippen LogP contribution in [-0.2, 0) is 4.79 Å². The van der Waals surface area contributed by atoms with Gasteiger partial charge in [-0.15, -0.1) is 0 Å². The number of guanidine groups is 1. The van der Waals surface area contributed by atoms with Crippen molar-refractivity contribution in [1.29, 1.82) is 0 Å². The number of anilines is 1. The fourth-order valence-corrected chi connectivity index (χ4v) is 3.85. The number of piperidine rings is 1. The molecule has 1 amide bonds. The van der Waals surface area contributed by atoms with Gasteiger partial charge < -0.3 is 20.2 Å². The van der Waals surface area contributed by atoms with Crippen LogP contribution in [0, 0.1) is 5.92 Å². The SMILES string of the molecule is CN1C(N2CCCC(C(=O)Nc3ccc(Cl)cc3)C2)=NC(c2ccncc2)=CC1O. The van der Waals surface area contributed by atoms with Crippen LogP contribution >= 0.6 is 11.6 Å². The number of carbonyl (C=O) groups excluding carboxylic acids is 1. The van der Waals surface area contributed by atoms with E-state index in [2.05, 4.69) is 15.2 Å². The van der Waals surface area contributed by atoms with Gasteiger partial charge in [-0.2, -0.15) is 0 Å². The third kappa shape index (κ3) is 4.47. The Morgan fingerprint density at radius 3 is 2.67 bits per heavy atom. The van der Waals surface area contributed by atoms with Crippen molar-refractivity contribution in [2.45, 2.75) is 19.1 Å². The van der Waals surface area contributed by atoms with Crippen LogP contribution in [0.2, 0.25) is 5.02 Å². The zero-order valence-corrected chi connectivity index (χ0v) is 17.5. The number of hydrogen-bond acceptors (Lipinski definition) is 6. The molecule has 2 aliphatic rings. The third-order valence-corrected chi connectivity index (χ3v) is 5.65. The molecule has 0 spiro atoms. The number of carbonyl (C=O) groups is 1. The Labute approximate surface area is 180 Å². The molecule has 2 aromatic rings. The number of aliphatic imine (C=N–C) groups is 1. The molecule has 1 fully saturated rings. The normalized spacial score (nSPS) is 21.7. The first-order valence-corrected chi connectivity index (χ1v) is 10.3. The van der Waals surface area contributed by atoms with Gasteiger partial charge in [0.2, 0.25) is 11.9 Å². The van der Waals surface area contributed by atoms with Gasteiger partial charge in [-0.25, -0.2) is 4.99 Å². The molecule has 0 saturated carbocycles. The quantitative estimate of drug-likeness (QED) is 0.790. The molecule has 3 heterocycles. The Hall–Kier alpha value is -2.90. The maximum Gasteiger partial charge on any atom is 0.229 e. The van der Waals surface area contributed by atoms with Gasteiger partial charge in [-0.1, -0.05) is 11.6 Å². The average Bonchev–Trinajstić information content (AvgIpc) is 2.78. The summed E-state index contributed by atoms with van der Waals surface area (Å²) in [5, 5.41) is 14.1. The number of nitrogens with one attached hydrogen (secondary N) is 1. The molecule has 2 aliphatic heterocycles. The number of rotatable bonds is 3. The smallest absolute Gasteiger partial charge is 0.229 e. The first-order valence-electron chi connectivity index (χ1n) is 9.94. The lowest BCUT2D eigenvalue weighted by Crippen LogP contribution is -2.52. The highest BCUT2D eigenvalue weighted by Crippen LogP contribution is 2.26. The van der Waals surface area contributed by atoms with Gasteiger partial charge in [0.1, 0.15) is 0 Å². The maximum absolute atomic E-state index is 12.8. The van der Waals surface area contributed by atoms with Gasteiger partial charge in [-0.05, 0) is 55.3 Å². The van der Waals surface area contributed by atoms with Crippen LogP contribution in [0.15, 0.2) is 59.9 Å². The van der Waals surface area contributed by atoms with E-state index in [-0.39, 0.29) is 11.8 Å². The van der Waals surface area contributed by atoms with Crippen molar-refractivity contribution in [3.8, 4) is 0 Å². The number of benzene rings is 1. The average molecular weight is 426 g/mol. The Morgan fingerprint density at radius 2 is 1.93 bits per heavy atom. The predicted octanol–water partition coefficient (Wildman–Crippen LogP) is 3.05. The van der Waals surface area contributed by atoms with E-state index < -0.39 is 6.23 Å². The van der Waals surface area contributed by atoms with Gasteiger partial charge in [0.05, 0.1) is 11.6 Å². The van der Waals surface area contributed by atoms with Crippen LogP contribution in [0.1, 0.15) is 18.4 Å². The summed E-state index contributed by atoms with van der Waals surface area (Å²) in [7, 11) is 1.81. The van der Waals surface area contributed by atoms with E-state index in [1.165, 1.54) is 0 Å². The molecule has 2 unspecified atom stereocenters. The van der Waals surface area contributed by atoms with Crippen molar-refractivity contribution in [3.05, 3.63) is 65.5 Å². The van der Waals surface area contributed by atoms with E-state index in [0.29, 0.717) is 23.2 Å². The molecule has 0 radical (unpaired) electrons. The molecule has 30 heavy (non-hydrogen) atoms. The molecule has 156 valence electrons. The molecule has 1 aromatic heterocycles. The Bertz CT molecular complexity index is 961. The molecule has 1 aromatic carbocycles. The largest absolute Gasteiger partial charge is 0.370 e. The monoisotopic (exact) mass is 425 g/mol. The number of nitrogens with zero attached hydrogens (tertiary/aromatic N) is 4. The number of aromatic nitrogens is 1. The van der Waals surface area contributed by atoms with Gasteiger partial charge in [0.25, 0.3) is 0 Å². The summed E-state index contributed by atoms with van der Waals surface area (Å²) >= 11 is 5.92. The van der Waals surface area contributed by atoms with Gasteiger partial charge in [0, 0.05) is 48.8 Å². The number of aliphatic hydroxyl groups is 1. The van der Waals surface area contributed by atoms with Crippen LogP contribution in [0.5, 0.6) is 0 Å². The summed E-state index contributed by atoms with van der Waals surface area (Å²) < 4.78 is 0. The second kappa shape index (κ2) is 8.85. The van der Waals surface area contributed by atoms with Crippen LogP contribution in [-0.4, -0.2) is 58.1 Å². The number of amides is 1. The molecule has 1 saturated heterocycles. The van der Waals surface area contributed by atoms with E-state index in [4.69, 9.17) is 16.6 Å². The molecule has 2 atom stereocenters. The Kier molecular flexibility index (Phi) is 6.01. The van der Waals surface area contributed by atoms with E-state index in [0.717, 1.165) is 30.6 Å². The second-order valence-corrected chi connectivity index (χ2v) is 7.94. The number of likely N-dealkylation sites (tertiary alicyclic amines) is 1. The van der Waals surface area contributed by atoms with Gasteiger partial charge in [-0.3, -0.25) is 9.78 Å². The molecule has 0 bridgehead atoms. The summed E-state index contributed by atoms with van der Waals surface area (Å²) in [6, 6.07) is 10.8. The van der Waals surface area contributed by atoms with E-state index in [1.807, 2.05) is 12.1 Å². The number of likely N-dealkylation sites (N-methyl/N-ethyl adjacent to an activating group) is 1. The third-order valence-electron chi connectivity index (χ3n) is 5.40.